The number of hydrogen-bond donors (Lipinski definition) is 1. The molecule has 0 radical (unpaired) electrons. The summed E-state index contributed by atoms with van der Waals surface area (Å²) in [5, 5.41) is 12.9. The molecule has 0 aliphatic carbocycles. The first kappa shape index (κ1) is 39.1. The van der Waals surface area contributed by atoms with E-state index < -0.39 is 0 Å². The summed E-state index contributed by atoms with van der Waals surface area (Å²) >= 11 is 10.9. The molecule has 3 heterocycles. The zero-order valence-corrected chi connectivity index (χ0v) is 38.2. The Balaban J connectivity index is 1.07. The lowest BCUT2D eigenvalue weighted by Gasteiger charge is -2.32. The molecule has 9 heteroatoms. The Labute approximate surface area is 392 Å². The molecular formula is C54H34N2OS6. The number of phenolic OH excluding ortho intramolecular Hbond substituents is 1. The minimum Gasteiger partial charge on any atom is -0.505 e. The molecule has 0 aromatic heterocycles. The average molecular weight is 919 g/mol. The van der Waals surface area contributed by atoms with E-state index in [1.807, 2.05) is 65.2 Å². The third-order valence-corrected chi connectivity index (χ3v) is 18.7. The third kappa shape index (κ3) is 7.40. The molecule has 12 rings (SSSR count). The van der Waals surface area contributed by atoms with Crippen LogP contribution in [0.1, 0.15) is 0 Å². The summed E-state index contributed by atoms with van der Waals surface area (Å²) in [7, 11) is 0. The van der Waals surface area contributed by atoms with Crippen molar-refractivity contribution in [2.75, 3.05) is 9.80 Å². The van der Waals surface area contributed by atoms with E-state index in [4.69, 9.17) is 0 Å². The number of nitrogens with zero attached hydrogens (tertiary/aromatic N) is 2. The second kappa shape index (κ2) is 16.6. The zero-order valence-electron chi connectivity index (χ0n) is 33.3. The van der Waals surface area contributed by atoms with Crippen molar-refractivity contribution in [2.24, 2.45) is 0 Å². The number of aromatic hydroxyl groups is 1. The summed E-state index contributed by atoms with van der Waals surface area (Å²) in [4.78, 5) is 19.5. The average Bonchev–Trinajstić information content (AvgIpc) is 3.33. The molecule has 1 N–H and O–H groups in total. The molecule has 9 aromatic carbocycles. The Hall–Kier alpha value is -5.52. The van der Waals surface area contributed by atoms with Gasteiger partial charge in [0.15, 0.2) is 0 Å². The normalized spacial score (nSPS) is 13.1. The SMILES string of the molecule is Oc1c(-c2ccccc2)cc(N(c2ccccc2)c2ccc3c(c2)Sc2ccccc2S3)cc1N(c1ccc2c(c1)Sc1ccccc1S2)c1ccc2c(c1)Sc1ccccc1S2. The molecule has 9 aromatic rings. The summed E-state index contributed by atoms with van der Waals surface area (Å²) in [6.45, 7) is 0. The molecule has 3 aliphatic heterocycles. The smallest absolute Gasteiger partial charge is 0.147 e. The maximum absolute atomic E-state index is 12.9. The first-order valence-corrected chi connectivity index (χ1v) is 25.3. The van der Waals surface area contributed by atoms with E-state index >= 15 is 0 Å². The molecule has 0 saturated carbocycles. The Bertz CT molecular complexity index is 3130. The summed E-state index contributed by atoms with van der Waals surface area (Å²) in [5.74, 6) is 0.210. The molecule has 63 heavy (non-hydrogen) atoms. The van der Waals surface area contributed by atoms with Gasteiger partial charge in [0.1, 0.15) is 5.75 Å². The van der Waals surface area contributed by atoms with E-state index in [1.165, 1.54) is 58.7 Å². The highest BCUT2D eigenvalue weighted by Crippen LogP contribution is 2.56. The highest BCUT2D eigenvalue weighted by atomic mass is 32.2. The first-order chi connectivity index (χ1) is 31.1. The lowest BCUT2D eigenvalue weighted by Crippen LogP contribution is -2.14. The van der Waals surface area contributed by atoms with Gasteiger partial charge in [-0.25, -0.2) is 0 Å². The third-order valence-electron chi connectivity index (χ3n) is 11.1. The summed E-state index contributed by atoms with van der Waals surface area (Å²) in [6.07, 6.45) is 0. The van der Waals surface area contributed by atoms with Gasteiger partial charge in [-0.05, 0) is 121 Å². The lowest BCUT2D eigenvalue weighted by molar-refractivity contribution is 0.478. The van der Waals surface area contributed by atoms with Crippen LogP contribution in [-0.4, -0.2) is 5.11 Å². The summed E-state index contributed by atoms with van der Waals surface area (Å²) < 4.78 is 0. The van der Waals surface area contributed by atoms with Crippen molar-refractivity contribution >= 4 is 105 Å². The van der Waals surface area contributed by atoms with Gasteiger partial charge in [0.05, 0.1) is 5.69 Å². The minimum absolute atomic E-state index is 0.210. The van der Waals surface area contributed by atoms with Crippen LogP contribution in [0.5, 0.6) is 5.75 Å². The topological polar surface area (TPSA) is 26.7 Å². The monoisotopic (exact) mass is 918 g/mol. The van der Waals surface area contributed by atoms with Gasteiger partial charge >= 0.3 is 0 Å². The predicted octanol–water partition coefficient (Wildman–Crippen LogP) is 17.8. The van der Waals surface area contributed by atoms with E-state index in [-0.39, 0.29) is 5.75 Å². The number of hydrogen-bond acceptors (Lipinski definition) is 9. The van der Waals surface area contributed by atoms with Gasteiger partial charge in [-0.2, -0.15) is 0 Å². The van der Waals surface area contributed by atoms with Gasteiger partial charge in [-0.1, -0.05) is 156 Å². The minimum atomic E-state index is 0.210. The number of phenols is 1. The molecule has 3 aliphatic rings. The highest BCUT2D eigenvalue weighted by Gasteiger charge is 2.28. The van der Waals surface area contributed by atoms with Gasteiger partial charge < -0.3 is 14.9 Å². The molecule has 0 saturated heterocycles. The second-order valence-electron chi connectivity index (χ2n) is 15.1. The van der Waals surface area contributed by atoms with Crippen LogP contribution in [0.3, 0.4) is 0 Å². The van der Waals surface area contributed by atoms with E-state index in [0.29, 0.717) is 5.69 Å². The number of fused-ring (bicyclic) bond motifs is 6. The first-order valence-electron chi connectivity index (χ1n) is 20.4. The zero-order chi connectivity index (χ0) is 41.9. The second-order valence-corrected chi connectivity index (χ2v) is 21.6. The standard InChI is InChI=1S/C54H34N2OS6/c57-54-40(34-13-3-1-4-14-34)29-39(55(35-15-5-2-6-16-35)36-23-26-48-51(31-36)61-45-20-10-7-17-42(45)58-48)30-41(54)56(37-24-27-49-52(32-37)62-46-21-11-8-18-43(46)59-49)38-25-28-50-53(33-38)63-47-22-12-9-19-44(47)60-50/h1-33,57H. The van der Waals surface area contributed by atoms with Crippen LogP contribution in [0, 0.1) is 0 Å². The van der Waals surface area contributed by atoms with Crippen LogP contribution in [0.25, 0.3) is 11.1 Å². The van der Waals surface area contributed by atoms with Crippen molar-refractivity contribution in [1.82, 2.24) is 0 Å². The molecule has 0 unspecified atom stereocenters. The van der Waals surface area contributed by atoms with Gasteiger partial charge in [0.2, 0.25) is 0 Å². The fraction of sp³-hybridized carbons (Fsp3) is 0. The predicted molar refractivity (Wildman–Crippen MR) is 267 cm³/mol. The molecular weight excluding hydrogens is 885 g/mol. The van der Waals surface area contributed by atoms with Crippen LogP contribution in [0.15, 0.2) is 259 Å². The Morgan fingerprint density at radius 1 is 0.270 bits per heavy atom. The van der Waals surface area contributed by atoms with Crippen LogP contribution in [-0.2, 0) is 0 Å². The number of anilines is 6. The molecule has 0 fully saturated rings. The summed E-state index contributed by atoms with van der Waals surface area (Å²) in [5.41, 5.74) is 7.29. The number of rotatable bonds is 7. The van der Waals surface area contributed by atoms with Crippen LogP contribution >= 0.6 is 70.6 Å². The van der Waals surface area contributed by atoms with Crippen LogP contribution < -0.4 is 9.80 Å². The van der Waals surface area contributed by atoms with Crippen molar-refractivity contribution in [3.63, 3.8) is 0 Å². The Morgan fingerprint density at radius 3 is 1.05 bits per heavy atom. The van der Waals surface area contributed by atoms with Crippen molar-refractivity contribution in [3.8, 4) is 16.9 Å². The van der Waals surface area contributed by atoms with Gasteiger partial charge in [-0.15, -0.1) is 0 Å². The fourth-order valence-electron chi connectivity index (χ4n) is 8.16. The molecule has 0 amide bonds. The van der Waals surface area contributed by atoms with Crippen molar-refractivity contribution in [1.29, 1.82) is 0 Å². The fourth-order valence-corrected chi connectivity index (χ4v) is 14.9. The molecule has 0 spiro atoms. The van der Waals surface area contributed by atoms with Crippen LogP contribution in [0.2, 0.25) is 0 Å². The maximum atomic E-state index is 12.9. The molecule has 0 atom stereocenters. The number of para-hydroxylation sites is 1. The van der Waals surface area contributed by atoms with E-state index in [2.05, 4.69) is 192 Å². The summed E-state index contributed by atoms with van der Waals surface area (Å²) in [6, 6.07) is 71.3. The molecule has 0 bridgehead atoms. The quantitative estimate of drug-likeness (QED) is 0.168. The Kier molecular flexibility index (Phi) is 10.3. The van der Waals surface area contributed by atoms with E-state index in [9.17, 15) is 5.11 Å². The molecule has 302 valence electrons. The highest BCUT2D eigenvalue weighted by molar-refractivity contribution is 8.06. The van der Waals surface area contributed by atoms with Gasteiger partial charge in [0.25, 0.3) is 0 Å². The van der Waals surface area contributed by atoms with E-state index in [0.717, 1.165) is 39.6 Å². The van der Waals surface area contributed by atoms with E-state index in [1.54, 1.807) is 23.5 Å². The van der Waals surface area contributed by atoms with Crippen molar-refractivity contribution in [3.05, 3.63) is 200 Å². The van der Waals surface area contributed by atoms with Crippen molar-refractivity contribution < 1.29 is 5.11 Å². The van der Waals surface area contributed by atoms with Crippen LogP contribution in [0.4, 0.5) is 34.1 Å². The van der Waals surface area contributed by atoms with Gasteiger partial charge in [0, 0.05) is 92.7 Å². The number of benzene rings is 9. The largest absolute Gasteiger partial charge is 0.505 e. The lowest BCUT2D eigenvalue weighted by atomic mass is 10.0. The molecule has 3 nitrogen and oxygen atoms in total. The Morgan fingerprint density at radius 2 is 0.619 bits per heavy atom. The maximum Gasteiger partial charge on any atom is 0.147 e. The van der Waals surface area contributed by atoms with Gasteiger partial charge in [-0.3, -0.25) is 0 Å². The van der Waals surface area contributed by atoms with Crippen molar-refractivity contribution in [2.45, 2.75) is 58.7 Å².